The maximum atomic E-state index is 3.53. The lowest BCUT2D eigenvalue weighted by molar-refractivity contribution is 0.253. The van der Waals surface area contributed by atoms with E-state index in [1.54, 1.807) is 0 Å². The van der Waals surface area contributed by atoms with Gasteiger partial charge in [0.15, 0.2) is 0 Å². The second kappa shape index (κ2) is 8.97. The molecule has 0 fully saturated rings. The van der Waals surface area contributed by atoms with Gasteiger partial charge in [-0.15, -0.1) is 11.3 Å². The van der Waals surface area contributed by atoms with Crippen molar-refractivity contribution in [2.24, 2.45) is 0 Å². The van der Waals surface area contributed by atoms with Gasteiger partial charge in [0, 0.05) is 30.6 Å². The molecule has 18 heavy (non-hydrogen) atoms. The SMILES string of the molecule is CSCCC(C)N(C)CCNCc1sccc1C. The van der Waals surface area contributed by atoms with Crippen LogP contribution in [0.15, 0.2) is 11.4 Å². The molecule has 0 radical (unpaired) electrons. The smallest absolute Gasteiger partial charge is 0.0302 e. The molecule has 4 heteroatoms. The molecule has 1 unspecified atom stereocenters. The van der Waals surface area contributed by atoms with Crippen molar-refractivity contribution in [1.29, 1.82) is 0 Å². The van der Waals surface area contributed by atoms with Crippen molar-refractivity contribution in [3.05, 3.63) is 21.9 Å². The molecule has 0 spiro atoms. The average molecular weight is 287 g/mol. The standard InChI is InChI=1S/C14H26N2S2/c1-12-5-10-18-14(12)11-15-7-8-16(3)13(2)6-9-17-4/h5,10,13,15H,6-9,11H2,1-4H3. The van der Waals surface area contributed by atoms with Crippen molar-refractivity contribution in [2.75, 3.05) is 32.1 Å². The van der Waals surface area contributed by atoms with E-state index in [4.69, 9.17) is 0 Å². The summed E-state index contributed by atoms with van der Waals surface area (Å²) in [4.78, 5) is 3.91. The van der Waals surface area contributed by atoms with Gasteiger partial charge in [0.2, 0.25) is 0 Å². The van der Waals surface area contributed by atoms with Crippen LogP contribution in [0.3, 0.4) is 0 Å². The predicted molar refractivity (Wildman–Crippen MR) is 85.9 cm³/mol. The highest BCUT2D eigenvalue weighted by Gasteiger charge is 2.07. The largest absolute Gasteiger partial charge is 0.311 e. The van der Waals surface area contributed by atoms with Crippen molar-refractivity contribution >= 4 is 23.1 Å². The summed E-state index contributed by atoms with van der Waals surface area (Å²) in [5.74, 6) is 1.26. The monoisotopic (exact) mass is 286 g/mol. The number of aryl methyl sites for hydroxylation is 1. The Morgan fingerprint density at radius 1 is 1.50 bits per heavy atom. The molecule has 1 rings (SSSR count). The maximum Gasteiger partial charge on any atom is 0.0302 e. The molecule has 0 aliphatic rings. The van der Waals surface area contributed by atoms with Crippen LogP contribution in [0.1, 0.15) is 23.8 Å². The number of nitrogens with one attached hydrogen (secondary N) is 1. The van der Waals surface area contributed by atoms with Crippen LogP contribution >= 0.6 is 23.1 Å². The summed E-state index contributed by atoms with van der Waals surface area (Å²) in [5.41, 5.74) is 1.41. The lowest BCUT2D eigenvalue weighted by Crippen LogP contribution is -2.35. The number of likely N-dealkylation sites (N-methyl/N-ethyl adjacent to an activating group) is 1. The molecule has 1 aromatic heterocycles. The van der Waals surface area contributed by atoms with E-state index in [1.807, 2.05) is 23.1 Å². The average Bonchev–Trinajstić information content (AvgIpc) is 2.77. The molecule has 0 bridgehead atoms. The Balaban J connectivity index is 2.12. The third-order valence-corrected chi connectivity index (χ3v) is 5.05. The molecule has 2 nitrogen and oxygen atoms in total. The first-order chi connectivity index (χ1) is 8.65. The van der Waals surface area contributed by atoms with Crippen molar-refractivity contribution in [3.63, 3.8) is 0 Å². The molecule has 0 saturated heterocycles. The Bertz CT molecular complexity index is 325. The van der Waals surface area contributed by atoms with E-state index in [0.717, 1.165) is 19.6 Å². The van der Waals surface area contributed by atoms with Gasteiger partial charge in [0.05, 0.1) is 0 Å². The first-order valence-electron chi connectivity index (χ1n) is 6.58. The Hall–Kier alpha value is -0.0300. The number of hydrogen-bond acceptors (Lipinski definition) is 4. The molecule has 104 valence electrons. The molecule has 1 heterocycles. The van der Waals surface area contributed by atoms with Crippen LogP contribution in [-0.2, 0) is 6.54 Å². The maximum absolute atomic E-state index is 3.53. The van der Waals surface area contributed by atoms with Gasteiger partial charge in [-0.1, -0.05) is 0 Å². The lowest BCUT2D eigenvalue weighted by Gasteiger charge is -2.24. The van der Waals surface area contributed by atoms with Crippen molar-refractivity contribution < 1.29 is 0 Å². The van der Waals surface area contributed by atoms with E-state index in [2.05, 4.69) is 48.8 Å². The van der Waals surface area contributed by atoms with E-state index >= 15 is 0 Å². The first kappa shape index (κ1) is 16.0. The highest BCUT2D eigenvalue weighted by Crippen LogP contribution is 2.14. The van der Waals surface area contributed by atoms with Gasteiger partial charge in [-0.3, -0.25) is 0 Å². The number of rotatable bonds is 9. The zero-order valence-corrected chi connectivity index (χ0v) is 13.7. The summed E-state index contributed by atoms with van der Waals surface area (Å²) in [6.07, 6.45) is 3.46. The fourth-order valence-corrected chi connectivity index (χ4v) is 3.22. The molecular weight excluding hydrogens is 260 g/mol. The van der Waals surface area contributed by atoms with Crippen LogP contribution in [0, 0.1) is 6.92 Å². The second-order valence-corrected chi connectivity index (χ2v) is 6.80. The molecular formula is C14H26N2S2. The summed E-state index contributed by atoms with van der Waals surface area (Å²) in [7, 11) is 2.23. The van der Waals surface area contributed by atoms with Crippen LogP contribution in [0.5, 0.6) is 0 Å². The van der Waals surface area contributed by atoms with Gasteiger partial charge in [-0.2, -0.15) is 11.8 Å². The summed E-state index contributed by atoms with van der Waals surface area (Å²) < 4.78 is 0. The minimum atomic E-state index is 0.683. The van der Waals surface area contributed by atoms with Crippen LogP contribution in [-0.4, -0.2) is 43.1 Å². The Morgan fingerprint density at radius 2 is 2.28 bits per heavy atom. The highest BCUT2D eigenvalue weighted by atomic mass is 32.2. The topological polar surface area (TPSA) is 15.3 Å². The van der Waals surface area contributed by atoms with E-state index < -0.39 is 0 Å². The van der Waals surface area contributed by atoms with Gasteiger partial charge < -0.3 is 10.2 Å². The summed E-state index contributed by atoms with van der Waals surface area (Å²) >= 11 is 3.78. The van der Waals surface area contributed by atoms with Gasteiger partial charge in [-0.05, 0) is 56.3 Å². The minimum Gasteiger partial charge on any atom is -0.311 e. The van der Waals surface area contributed by atoms with Crippen LogP contribution < -0.4 is 5.32 Å². The number of thioether (sulfide) groups is 1. The third kappa shape index (κ3) is 5.74. The molecule has 1 aromatic rings. The molecule has 0 saturated carbocycles. The van der Waals surface area contributed by atoms with Crippen molar-refractivity contribution in [1.82, 2.24) is 10.2 Å². The zero-order chi connectivity index (χ0) is 13.4. The number of hydrogen-bond donors (Lipinski definition) is 1. The second-order valence-electron chi connectivity index (χ2n) is 4.81. The normalized spacial score (nSPS) is 13.2. The number of thiophene rings is 1. The van der Waals surface area contributed by atoms with Gasteiger partial charge in [0.1, 0.15) is 0 Å². The minimum absolute atomic E-state index is 0.683. The molecule has 0 aromatic carbocycles. The van der Waals surface area contributed by atoms with Gasteiger partial charge in [0.25, 0.3) is 0 Å². The first-order valence-corrected chi connectivity index (χ1v) is 8.85. The van der Waals surface area contributed by atoms with Crippen LogP contribution in [0.2, 0.25) is 0 Å². The summed E-state index contributed by atoms with van der Waals surface area (Å²) in [6, 6.07) is 2.88. The summed E-state index contributed by atoms with van der Waals surface area (Å²) in [5, 5.41) is 5.70. The Labute approximate surface area is 120 Å². The van der Waals surface area contributed by atoms with E-state index in [-0.39, 0.29) is 0 Å². The van der Waals surface area contributed by atoms with Gasteiger partial charge >= 0.3 is 0 Å². The van der Waals surface area contributed by atoms with E-state index in [1.165, 1.54) is 22.6 Å². The molecule has 0 aliphatic heterocycles. The van der Waals surface area contributed by atoms with Crippen LogP contribution in [0.4, 0.5) is 0 Å². The Morgan fingerprint density at radius 3 is 2.89 bits per heavy atom. The molecule has 0 aliphatic carbocycles. The van der Waals surface area contributed by atoms with Gasteiger partial charge in [-0.25, -0.2) is 0 Å². The number of nitrogens with zero attached hydrogens (tertiary/aromatic N) is 1. The lowest BCUT2D eigenvalue weighted by atomic mass is 10.2. The van der Waals surface area contributed by atoms with E-state index in [9.17, 15) is 0 Å². The molecule has 0 amide bonds. The predicted octanol–water partition coefficient (Wildman–Crippen LogP) is 3.22. The fraction of sp³-hybridized carbons (Fsp3) is 0.714. The van der Waals surface area contributed by atoms with Crippen molar-refractivity contribution in [3.8, 4) is 0 Å². The quantitative estimate of drug-likeness (QED) is 0.702. The summed E-state index contributed by atoms with van der Waals surface area (Å²) in [6.45, 7) is 7.71. The van der Waals surface area contributed by atoms with E-state index in [0.29, 0.717) is 6.04 Å². The van der Waals surface area contributed by atoms with Crippen molar-refractivity contribution in [2.45, 2.75) is 32.9 Å². The van der Waals surface area contributed by atoms with Crippen LogP contribution in [0.25, 0.3) is 0 Å². The highest BCUT2D eigenvalue weighted by molar-refractivity contribution is 7.98. The zero-order valence-electron chi connectivity index (χ0n) is 12.0. The fourth-order valence-electron chi connectivity index (χ4n) is 1.77. The molecule has 1 N–H and O–H groups in total. The molecule has 1 atom stereocenters. The third-order valence-electron chi connectivity index (χ3n) is 3.39. The Kier molecular flexibility index (Phi) is 7.98.